The molecule has 0 atom stereocenters. The van der Waals surface area contributed by atoms with Crippen LogP contribution in [-0.4, -0.2) is 8.42 Å². The van der Waals surface area contributed by atoms with E-state index in [2.05, 4.69) is 4.72 Å². The number of sulfonamides is 1. The number of nitrogens with one attached hydrogen (secondary N) is 1. The van der Waals surface area contributed by atoms with E-state index in [9.17, 15) is 8.42 Å². The van der Waals surface area contributed by atoms with Crippen molar-refractivity contribution in [2.24, 2.45) is 0 Å². The van der Waals surface area contributed by atoms with E-state index in [-0.39, 0.29) is 4.90 Å². The first-order valence-electron chi connectivity index (χ1n) is 6.05. The second-order valence-electron chi connectivity index (χ2n) is 4.68. The Hall–Kier alpha value is -0.990. The predicted octanol–water partition coefficient (Wildman–Crippen LogP) is 3.94. The lowest BCUT2D eigenvalue weighted by Gasteiger charge is -2.12. The zero-order valence-corrected chi connectivity index (χ0v) is 15.2. The molecule has 0 aliphatic heterocycles. The molecule has 2 rings (SSSR count). The number of nitrogens with two attached hydrogens (primary N) is 1. The van der Waals surface area contributed by atoms with Gasteiger partial charge in [-0.15, -0.1) is 0 Å². The topological polar surface area (TPSA) is 72.2 Å². The smallest absolute Gasteiger partial charge is 0.262 e. The van der Waals surface area contributed by atoms with E-state index in [4.69, 9.17) is 17.3 Å². The van der Waals surface area contributed by atoms with Crippen LogP contribution in [0.5, 0.6) is 0 Å². The van der Waals surface area contributed by atoms with Crippen molar-refractivity contribution in [3.05, 3.63) is 50.1 Å². The Morgan fingerprint density at radius 1 is 1.19 bits per heavy atom. The van der Waals surface area contributed by atoms with Crippen molar-refractivity contribution in [2.45, 2.75) is 18.7 Å². The quantitative estimate of drug-likeness (QED) is 0.565. The molecule has 0 aliphatic carbocycles. The SMILES string of the molecule is Cc1cc(S(=O)(=O)Nc2ccc(Cl)cc2I)cc(N)c1C. The summed E-state index contributed by atoms with van der Waals surface area (Å²) in [5, 5.41) is 0.553. The summed E-state index contributed by atoms with van der Waals surface area (Å²) in [6.45, 7) is 3.69. The van der Waals surface area contributed by atoms with E-state index in [1.165, 1.54) is 6.07 Å². The average Bonchev–Trinajstić information content (AvgIpc) is 2.38. The largest absolute Gasteiger partial charge is 0.398 e. The van der Waals surface area contributed by atoms with Gasteiger partial charge in [0.1, 0.15) is 0 Å². The van der Waals surface area contributed by atoms with Gasteiger partial charge in [-0.05, 0) is 77.9 Å². The summed E-state index contributed by atoms with van der Waals surface area (Å²) < 4.78 is 28.2. The molecule has 0 fully saturated rings. The number of nitrogen functional groups attached to an aromatic ring is 1. The van der Waals surface area contributed by atoms with Gasteiger partial charge in [0.05, 0.1) is 10.6 Å². The van der Waals surface area contributed by atoms with E-state index in [0.29, 0.717) is 16.4 Å². The van der Waals surface area contributed by atoms with Crippen LogP contribution in [0.1, 0.15) is 11.1 Å². The Kier molecular flexibility index (Phi) is 4.69. The van der Waals surface area contributed by atoms with Crippen LogP contribution in [0.15, 0.2) is 35.2 Å². The molecule has 0 aromatic heterocycles. The lowest BCUT2D eigenvalue weighted by Crippen LogP contribution is -2.14. The van der Waals surface area contributed by atoms with Gasteiger partial charge in [0, 0.05) is 14.3 Å². The molecule has 0 saturated carbocycles. The van der Waals surface area contributed by atoms with Crippen LogP contribution >= 0.6 is 34.2 Å². The van der Waals surface area contributed by atoms with Gasteiger partial charge in [-0.3, -0.25) is 4.72 Å². The first-order chi connectivity index (χ1) is 9.70. The molecule has 0 aliphatic rings. The molecule has 0 unspecified atom stereocenters. The molecule has 2 aromatic carbocycles. The first kappa shape index (κ1) is 16.4. The van der Waals surface area contributed by atoms with Crippen molar-refractivity contribution >= 4 is 55.6 Å². The van der Waals surface area contributed by atoms with Crippen LogP contribution < -0.4 is 10.5 Å². The minimum absolute atomic E-state index is 0.147. The first-order valence-corrected chi connectivity index (χ1v) is 8.99. The van der Waals surface area contributed by atoms with Gasteiger partial charge in [0.25, 0.3) is 10.0 Å². The maximum absolute atomic E-state index is 12.5. The number of hydrogen-bond donors (Lipinski definition) is 2. The highest BCUT2D eigenvalue weighted by molar-refractivity contribution is 14.1. The molecule has 0 heterocycles. The summed E-state index contributed by atoms with van der Waals surface area (Å²) in [5.74, 6) is 0. The third-order valence-corrected chi connectivity index (χ3v) is 5.64. The van der Waals surface area contributed by atoms with Crippen molar-refractivity contribution in [1.82, 2.24) is 0 Å². The second-order valence-corrected chi connectivity index (χ2v) is 7.97. The van der Waals surface area contributed by atoms with Crippen LogP contribution in [0, 0.1) is 17.4 Å². The van der Waals surface area contributed by atoms with Gasteiger partial charge in [-0.2, -0.15) is 0 Å². The Morgan fingerprint density at radius 3 is 2.43 bits per heavy atom. The number of halogens is 2. The fourth-order valence-electron chi connectivity index (χ4n) is 1.78. The summed E-state index contributed by atoms with van der Waals surface area (Å²) >= 11 is 7.89. The number of hydrogen-bond acceptors (Lipinski definition) is 3. The predicted molar refractivity (Wildman–Crippen MR) is 95.3 cm³/mol. The lowest BCUT2D eigenvalue weighted by molar-refractivity contribution is 0.601. The molecule has 0 bridgehead atoms. The van der Waals surface area contributed by atoms with Crippen molar-refractivity contribution < 1.29 is 8.42 Å². The summed E-state index contributed by atoms with van der Waals surface area (Å²) in [6, 6.07) is 8.03. The zero-order valence-electron chi connectivity index (χ0n) is 11.4. The fourth-order valence-corrected chi connectivity index (χ4v) is 4.17. The van der Waals surface area contributed by atoms with Gasteiger partial charge < -0.3 is 5.73 Å². The molecular weight excluding hydrogens is 423 g/mol. The molecule has 112 valence electrons. The van der Waals surface area contributed by atoms with Crippen LogP contribution in [-0.2, 0) is 10.0 Å². The Morgan fingerprint density at radius 2 is 1.86 bits per heavy atom. The molecule has 21 heavy (non-hydrogen) atoms. The van der Waals surface area contributed by atoms with E-state index in [1.807, 2.05) is 36.4 Å². The monoisotopic (exact) mass is 436 g/mol. The van der Waals surface area contributed by atoms with E-state index in [1.54, 1.807) is 24.3 Å². The highest BCUT2D eigenvalue weighted by Gasteiger charge is 2.17. The second kappa shape index (κ2) is 6.02. The van der Waals surface area contributed by atoms with E-state index >= 15 is 0 Å². The molecule has 2 aromatic rings. The van der Waals surface area contributed by atoms with Gasteiger partial charge >= 0.3 is 0 Å². The number of benzene rings is 2. The van der Waals surface area contributed by atoms with Gasteiger partial charge in [0.2, 0.25) is 0 Å². The molecule has 0 saturated heterocycles. The summed E-state index contributed by atoms with van der Waals surface area (Å²) in [7, 11) is -3.69. The standard InChI is InChI=1S/C14H14ClIN2O2S/c1-8-5-11(7-13(17)9(8)2)21(19,20)18-14-4-3-10(15)6-12(14)16/h3-7,18H,17H2,1-2H3. The molecule has 0 radical (unpaired) electrons. The zero-order chi connectivity index (χ0) is 15.8. The maximum Gasteiger partial charge on any atom is 0.262 e. The van der Waals surface area contributed by atoms with Crippen molar-refractivity contribution in [2.75, 3.05) is 10.5 Å². The van der Waals surface area contributed by atoms with Crippen molar-refractivity contribution in [3.8, 4) is 0 Å². The Labute approximate surface area is 142 Å². The minimum Gasteiger partial charge on any atom is -0.398 e. The van der Waals surface area contributed by atoms with Crippen LogP contribution in [0.25, 0.3) is 0 Å². The molecule has 0 spiro atoms. The Bertz CT molecular complexity index is 784. The molecule has 0 amide bonds. The van der Waals surface area contributed by atoms with Crippen LogP contribution in [0.3, 0.4) is 0 Å². The number of anilines is 2. The van der Waals surface area contributed by atoms with E-state index < -0.39 is 10.0 Å². The van der Waals surface area contributed by atoms with Crippen molar-refractivity contribution in [1.29, 1.82) is 0 Å². The highest BCUT2D eigenvalue weighted by Crippen LogP contribution is 2.27. The van der Waals surface area contributed by atoms with Gasteiger partial charge in [0.15, 0.2) is 0 Å². The minimum atomic E-state index is -3.69. The lowest BCUT2D eigenvalue weighted by atomic mass is 10.1. The van der Waals surface area contributed by atoms with Gasteiger partial charge in [-0.1, -0.05) is 11.6 Å². The fraction of sp³-hybridized carbons (Fsp3) is 0.143. The third kappa shape index (κ3) is 3.61. The maximum atomic E-state index is 12.5. The number of aryl methyl sites for hydroxylation is 1. The van der Waals surface area contributed by atoms with Crippen molar-refractivity contribution in [3.63, 3.8) is 0 Å². The normalized spacial score (nSPS) is 11.4. The molecule has 7 heteroatoms. The average molecular weight is 437 g/mol. The summed E-state index contributed by atoms with van der Waals surface area (Å²) in [6.07, 6.45) is 0. The molecule has 3 N–H and O–H groups in total. The number of rotatable bonds is 3. The molecular formula is C14H14ClIN2O2S. The third-order valence-electron chi connectivity index (χ3n) is 3.17. The van der Waals surface area contributed by atoms with E-state index in [0.717, 1.165) is 14.7 Å². The summed E-state index contributed by atoms with van der Waals surface area (Å²) in [4.78, 5) is 0.147. The molecule has 4 nitrogen and oxygen atoms in total. The van der Waals surface area contributed by atoms with Crippen LogP contribution in [0.2, 0.25) is 5.02 Å². The highest BCUT2D eigenvalue weighted by atomic mass is 127. The van der Waals surface area contributed by atoms with Crippen LogP contribution in [0.4, 0.5) is 11.4 Å². The summed E-state index contributed by atoms with van der Waals surface area (Å²) in [5.41, 5.74) is 8.51. The van der Waals surface area contributed by atoms with Gasteiger partial charge in [-0.25, -0.2) is 8.42 Å². The Balaban J connectivity index is 2.43.